The van der Waals surface area contributed by atoms with Crippen LogP contribution in [0.5, 0.6) is 0 Å². The van der Waals surface area contributed by atoms with E-state index in [4.69, 9.17) is 4.42 Å². The molecule has 0 unspecified atom stereocenters. The van der Waals surface area contributed by atoms with Crippen LogP contribution in [0.1, 0.15) is 25.3 Å². The van der Waals surface area contributed by atoms with Crippen molar-refractivity contribution in [1.82, 2.24) is 10.3 Å². The van der Waals surface area contributed by atoms with Crippen LogP contribution < -0.4 is 5.32 Å². The van der Waals surface area contributed by atoms with Crippen molar-refractivity contribution in [1.29, 1.82) is 0 Å². The van der Waals surface area contributed by atoms with Gasteiger partial charge in [-0.15, -0.1) is 0 Å². The van der Waals surface area contributed by atoms with Gasteiger partial charge in [-0.2, -0.15) is 0 Å². The zero-order valence-corrected chi connectivity index (χ0v) is 10.1. The van der Waals surface area contributed by atoms with E-state index in [1.54, 1.807) is 0 Å². The molecular formula is C13H18N2O. The largest absolute Gasteiger partial charge is 0.439 e. The molecule has 0 aliphatic heterocycles. The summed E-state index contributed by atoms with van der Waals surface area (Å²) in [5.74, 6) is 1.42. The van der Waals surface area contributed by atoms with Crippen molar-refractivity contribution in [2.45, 2.75) is 26.8 Å². The third-order valence-electron chi connectivity index (χ3n) is 2.47. The Hall–Kier alpha value is -1.35. The van der Waals surface area contributed by atoms with Crippen molar-refractivity contribution in [3.8, 4) is 0 Å². The lowest BCUT2D eigenvalue weighted by molar-refractivity contribution is 0.511. The number of nitrogens with zero attached hydrogens (tertiary/aromatic N) is 1. The Kier molecular flexibility index (Phi) is 3.25. The van der Waals surface area contributed by atoms with Gasteiger partial charge in [-0.25, -0.2) is 4.98 Å². The number of benzene rings is 1. The second kappa shape index (κ2) is 4.66. The van der Waals surface area contributed by atoms with E-state index in [9.17, 15) is 0 Å². The normalized spacial score (nSPS) is 11.5. The summed E-state index contributed by atoms with van der Waals surface area (Å²) in [4.78, 5) is 4.44. The quantitative estimate of drug-likeness (QED) is 0.857. The molecule has 16 heavy (non-hydrogen) atoms. The van der Waals surface area contributed by atoms with Crippen molar-refractivity contribution in [3.63, 3.8) is 0 Å². The Morgan fingerprint density at radius 2 is 2.19 bits per heavy atom. The molecule has 0 radical (unpaired) electrons. The number of nitrogens with one attached hydrogen (secondary N) is 1. The Bertz CT molecular complexity index is 474. The zero-order chi connectivity index (χ0) is 11.5. The fourth-order valence-electron chi connectivity index (χ4n) is 1.85. The maximum atomic E-state index is 5.59. The van der Waals surface area contributed by atoms with E-state index in [-0.39, 0.29) is 0 Å². The predicted molar refractivity (Wildman–Crippen MR) is 65.3 cm³/mol. The minimum atomic E-state index is 0.668. The molecule has 1 heterocycles. The first-order valence-electron chi connectivity index (χ1n) is 5.72. The fourth-order valence-corrected chi connectivity index (χ4v) is 1.85. The molecule has 3 heteroatoms. The summed E-state index contributed by atoms with van der Waals surface area (Å²) in [7, 11) is 1.89. The van der Waals surface area contributed by atoms with Gasteiger partial charge in [0, 0.05) is 0 Å². The van der Waals surface area contributed by atoms with Crippen molar-refractivity contribution in [3.05, 3.63) is 29.7 Å². The smallest absolute Gasteiger partial charge is 0.209 e. The molecule has 2 rings (SSSR count). The molecule has 0 atom stereocenters. The molecule has 0 saturated heterocycles. The molecule has 1 aromatic carbocycles. The fraction of sp³-hybridized carbons (Fsp3) is 0.462. The first kappa shape index (κ1) is 11.1. The van der Waals surface area contributed by atoms with Crippen LogP contribution >= 0.6 is 0 Å². The van der Waals surface area contributed by atoms with Crippen LogP contribution in [0.15, 0.2) is 22.6 Å². The number of hydrogen-bond acceptors (Lipinski definition) is 3. The van der Waals surface area contributed by atoms with Gasteiger partial charge in [0.05, 0.1) is 6.54 Å². The van der Waals surface area contributed by atoms with E-state index < -0.39 is 0 Å². The first-order chi connectivity index (χ1) is 7.69. The van der Waals surface area contributed by atoms with Gasteiger partial charge < -0.3 is 9.73 Å². The van der Waals surface area contributed by atoms with E-state index in [0.717, 1.165) is 23.4 Å². The summed E-state index contributed by atoms with van der Waals surface area (Å²) < 4.78 is 5.59. The van der Waals surface area contributed by atoms with Crippen LogP contribution in [-0.4, -0.2) is 12.0 Å². The maximum Gasteiger partial charge on any atom is 0.209 e. The highest BCUT2D eigenvalue weighted by Crippen LogP contribution is 2.18. The highest BCUT2D eigenvalue weighted by atomic mass is 16.3. The summed E-state index contributed by atoms with van der Waals surface area (Å²) in [5, 5.41) is 3.04. The number of oxazole rings is 1. The van der Waals surface area contributed by atoms with Gasteiger partial charge in [0.15, 0.2) is 5.58 Å². The average Bonchev–Trinajstić information content (AvgIpc) is 2.59. The van der Waals surface area contributed by atoms with E-state index in [1.165, 1.54) is 5.56 Å². The number of hydrogen-bond donors (Lipinski definition) is 1. The first-order valence-corrected chi connectivity index (χ1v) is 5.72. The molecule has 0 bridgehead atoms. The lowest BCUT2D eigenvalue weighted by Gasteiger charge is -2.03. The van der Waals surface area contributed by atoms with Gasteiger partial charge in [-0.1, -0.05) is 19.9 Å². The Labute approximate surface area is 95.9 Å². The van der Waals surface area contributed by atoms with Crippen LogP contribution in [0.4, 0.5) is 0 Å². The van der Waals surface area contributed by atoms with E-state index >= 15 is 0 Å². The second-order valence-electron chi connectivity index (χ2n) is 4.54. The molecule has 1 aromatic heterocycles. The molecule has 3 nitrogen and oxygen atoms in total. The maximum absolute atomic E-state index is 5.59. The summed E-state index contributed by atoms with van der Waals surface area (Å²) in [6.45, 7) is 5.12. The Balaban J connectivity index is 2.30. The lowest BCUT2D eigenvalue weighted by Crippen LogP contribution is -2.04. The Morgan fingerprint density at radius 3 is 2.88 bits per heavy atom. The van der Waals surface area contributed by atoms with E-state index in [1.807, 2.05) is 13.1 Å². The standard InChI is InChI=1S/C13H18N2O/c1-9(2)6-10-4-5-12-11(7-10)15-13(16-12)8-14-3/h4-5,7,9,14H,6,8H2,1-3H3. The monoisotopic (exact) mass is 218 g/mol. The topological polar surface area (TPSA) is 38.1 Å². The number of rotatable bonds is 4. The van der Waals surface area contributed by atoms with Crippen LogP contribution in [0, 0.1) is 5.92 Å². The van der Waals surface area contributed by atoms with Crippen LogP contribution in [0.3, 0.4) is 0 Å². The van der Waals surface area contributed by atoms with E-state index in [0.29, 0.717) is 12.5 Å². The number of aromatic nitrogens is 1. The Morgan fingerprint density at radius 1 is 1.38 bits per heavy atom. The zero-order valence-electron chi connectivity index (χ0n) is 10.1. The van der Waals surface area contributed by atoms with Gasteiger partial charge in [0.1, 0.15) is 5.52 Å². The molecular weight excluding hydrogens is 200 g/mol. The average molecular weight is 218 g/mol. The number of fused-ring (bicyclic) bond motifs is 1. The summed E-state index contributed by atoms with van der Waals surface area (Å²) in [6.07, 6.45) is 1.09. The minimum absolute atomic E-state index is 0.668. The lowest BCUT2D eigenvalue weighted by atomic mass is 10.0. The third-order valence-corrected chi connectivity index (χ3v) is 2.47. The summed E-state index contributed by atoms with van der Waals surface area (Å²) >= 11 is 0. The summed E-state index contributed by atoms with van der Waals surface area (Å²) in [6, 6.07) is 6.26. The van der Waals surface area contributed by atoms with Gasteiger partial charge >= 0.3 is 0 Å². The predicted octanol–water partition coefficient (Wildman–Crippen LogP) is 2.75. The van der Waals surface area contributed by atoms with Crippen molar-refractivity contribution < 1.29 is 4.42 Å². The molecule has 0 saturated carbocycles. The van der Waals surface area contributed by atoms with Crippen LogP contribution in [0.2, 0.25) is 0 Å². The summed E-state index contributed by atoms with van der Waals surface area (Å²) in [5.41, 5.74) is 3.16. The molecule has 1 N–H and O–H groups in total. The SMILES string of the molecule is CNCc1nc2cc(CC(C)C)ccc2o1. The highest BCUT2D eigenvalue weighted by Gasteiger charge is 2.06. The third kappa shape index (κ3) is 2.42. The van der Waals surface area contributed by atoms with Crippen molar-refractivity contribution in [2.75, 3.05) is 7.05 Å². The molecule has 0 aliphatic rings. The van der Waals surface area contributed by atoms with Crippen LogP contribution in [-0.2, 0) is 13.0 Å². The van der Waals surface area contributed by atoms with Crippen molar-refractivity contribution in [2.24, 2.45) is 5.92 Å². The van der Waals surface area contributed by atoms with Crippen LogP contribution in [0.25, 0.3) is 11.1 Å². The van der Waals surface area contributed by atoms with E-state index in [2.05, 4.69) is 36.3 Å². The highest BCUT2D eigenvalue weighted by molar-refractivity contribution is 5.73. The van der Waals surface area contributed by atoms with Crippen molar-refractivity contribution >= 4 is 11.1 Å². The minimum Gasteiger partial charge on any atom is -0.439 e. The molecule has 2 aromatic rings. The molecule has 0 spiro atoms. The van der Waals surface area contributed by atoms with Gasteiger partial charge in [-0.05, 0) is 37.1 Å². The van der Waals surface area contributed by atoms with Gasteiger partial charge in [0.2, 0.25) is 5.89 Å². The molecule has 86 valence electrons. The van der Waals surface area contributed by atoms with Gasteiger partial charge in [-0.3, -0.25) is 0 Å². The molecule has 0 aliphatic carbocycles. The van der Waals surface area contributed by atoms with Gasteiger partial charge in [0.25, 0.3) is 0 Å². The second-order valence-corrected chi connectivity index (χ2v) is 4.54. The molecule has 0 amide bonds. The molecule has 0 fully saturated rings.